The third kappa shape index (κ3) is 3.52. The van der Waals surface area contributed by atoms with Crippen molar-refractivity contribution in [1.82, 2.24) is 5.32 Å². The first-order chi connectivity index (χ1) is 10.0. The van der Waals surface area contributed by atoms with Crippen LogP contribution in [0.1, 0.15) is 53.4 Å². The molecule has 1 aromatic carbocycles. The molecule has 0 radical (unpaired) electrons. The van der Waals surface area contributed by atoms with Gasteiger partial charge in [0, 0.05) is 6.04 Å². The summed E-state index contributed by atoms with van der Waals surface area (Å²) < 4.78 is 10.2. The predicted octanol–water partition coefficient (Wildman–Crippen LogP) is 3.79. The molecule has 1 unspecified atom stereocenters. The van der Waals surface area contributed by atoms with Crippen molar-refractivity contribution in [2.24, 2.45) is 0 Å². The summed E-state index contributed by atoms with van der Waals surface area (Å²) in [6.45, 7) is 6.22. The molecule has 0 bridgehead atoms. The van der Waals surface area contributed by atoms with Crippen LogP contribution >= 0.6 is 0 Å². The minimum absolute atomic E-state index is 0.00184. The Hall–Kier alpha value is -2.07. The quantitative estimate of drug-likeness (QED) is 0.850. The highest BCUT2D eigenvalue weighted by Gasteiger charge is 2.17. The van der Waals surface area contributed by atoms with Crippen molar-refractivity contribution in [3.8, 4) is 0 Å². The summed E-state index contributed by atoms with van der Waals surface area (Å²) in [7, 11) is 1.34. The number of hydrogen-bond donors (Lipinski definition) is 1. The topological polar surface area (TPSA) is 51.5 Å². The first kappa shape index (κ1) is 15.3. The monoisotopic (exact) mass is 287 g/mol. The van der Waals surface area contributed by atoms with Crippen molar-refractivity contribution >= 4 is 5.97 Å². The maximum Gasteiger partial charge on any atom is 0.373 e. The van der Waals surface area contributed by atoms with Gasteiger partial charge in [0.1, 0.15) is 5.76 Å². The molecule has 0 amide bonds. The van der Waals surface area contributed by atoms with E-state index in [-0.39, 0.29) is 17.8 Å². The summed E-state index contributed by atoms with van der Waals surface area (Å²) in [5.74, 6) is 0.487. The Morgan fingerprint density at radius 2 is 1.86 bits per heavy atom. The Morgan fingerprint density at radius 3 is 2.52 bits per heavy atom. The molecule has 0 aliphatic rings. The molecule has 1 N–H and O–H groups in total. The van der Waals surface area contributed by atoms with Crippen LogP contribution in [0.15, 0.2) is 40.8 Å². The number of nitrogens with one attached hydrogen (secondary N) is 1. The largest absolute Gasteiger partial charge is 0.463 e. The van der Waals surface area contributed by atoms with Crippen LogP contribution in [-0.4, -0.2) is 13.1 Å². The van der Waals surface area contributed by atoms with Gasteiger partial charge in [-0.2, -0.15) is 0 Å². The second-order valence-electron chi connectivity index (χ2n) is 5.16. The maximum absolute atomic E-state index is 11.4. The summed E-state index contributed by atoms with van der Waals surface area (Å²) >= 11 is 0. The fourth-order valence-electron chi connectivity index (χ4n) is 2.42. The zero-order valence-electron chi connectivity index (χ0n) is 12.8. The van der Waals surface area contributed by atoms with E-state index in [1.165, 1.54) is 18.2 Å². The van der Waals surface area contributed by atoms with Crippen molar-refractivity contribution in [3.63, 3.8) is 0 Å². The van der Waals surface area contributed by atoms with Gasteiger partial charge in [0.25, 0.3) is 0 Å². The Kier molecular flexibility index (Phi) is 4.81. The molecule has 0 aliphatic heterocycles. The van der Waals surface area contributed by atoms with E-state index in [0.29, 0.717) is 0 Å². The molecule has 0 saturated carbocycles. The first-order valence-corrected chi connectivity index (χ1v) is 7.02. The SMILES string of the molecule is COC(=O)c1ccc(C(C)N[C@@H](C)c2ccccc2C)o1. The van der Waals surface area contributed by atoms with Crippen molar-refractivity contribution in [2.45, 2.75) is 32.9 Å². The van der Waals surface area contributed by atoms with Gasteiger partial charge in [-0.15, -0.1) is 0 Å². The smallest absolute Gasteiger partial charge is 0.373 e. The fourth-order valence-corrected chi connectivity index (χ4v) is 2.42. The van der Waals surface area contributed by atoms with Gasteiger partial charge in [0.2, 0.25) is 5.76 Å². The normalized spacial score (nSPS) is 13.7. The number of furan rings is 1. The molecule has 21 heavy (non-hydrogen) atoms. The highest BCUT2D eigenvalue weighted by Crippen LogP contribution is 2.23. The van der Waals surface area contributed by atoms with Crippen LogP contribution in [0.4, 0.5) is 0 Å². The van der Waals surface area contributed by atoms with Crippen molar-refractivity contribution < 1.29 is 13.9 Å². The van der Waals surface area contributed by atoms with Gasteiger partial charge in [-0.25, -0.2) is 4.79 Å². The van der Waals surface area contributed by atoms with Crippen LogP contribution in [0.3, 0.4) is 0 Å². The van der Waals surface area contributed by atoms with Crippen LogP contribution in [-0.2, 0) is 4.74 Å². The van der Waals surface area contributed by atoms with Gasteiger partial charge < -0.3 is 14.5 Å². The lowest BCUT2D eigenvalue weighted by atomic mass is 10.0. The number of esters is 1. The number of carbonyl (C=O) groups excluding carboxylic acids is 1. The van der Waals surface area contributed by atoms with E-state index in [0.717, 1.165) is 5.76 Å². The number of carbonyl (C=O) groups is 1. The Morgan fingerprint density at radius 1 is 1.14 bits per heavy atom. The predicted molar refractivity (Wildman–Crippen MR) is 81.2 cm³/mol. The highest BCUT2D eigenvalue weighted by atomic mass is 16.5. The lowest BCUT2D eigenvalue weighted by Gasteiger charge is -2.20. The number of benzene rings is 1. The number of ether oxygens (including phenoxy) is 1. The zero-order valence-corrected chi connectivity index (χ0v) is 12.8. The molecule has 112 valence electrons. The van der Waals surface area contributed by atoms with E-state index < -0.39 is 5.97 Å². The van der Waals surface area contributed by atoms with Gasteiger partial charge in [-0.3, -0.25) is 0 Å². The molecule has 1 aromatic heterocycles. The fraction of sp³-hybridized carbons (Fsp3) is 0.353. The molecule has 0 saturated heterocycles. The number of rotatable bonds is 5. The molecule has 2 rings (SSSR count). The number of aryl methyl sites for hydroxylation is 1. The number of hydrogen-bond acceptors (Lipinski definition) is 4. The average Bonchev–Trinajstić information content (AvgIpc) is 2.96. The summed E-state index contributed by atoms with van der Waals surface area (Å²) in [6.07, 6.45) is 0. The Labute approximate surface area is 125 Å². The number of methoxy groups -OCH3 is 1. The summed E-state index contributed by atoms with van der Waals surface area (Å²) in [4.78, 5) is 11.4. The Balaban J connectivity index is 2.07. The summed E-state index contributed by atoms with van der Waals surface area (Å²) in [5, 5.41) is 3.48. The van der Waals surface area contributed by atoms with Gasteiger partial charge in [-0.05, 0) is 44.0 Å². The van der Waals surface area contributed by atoms with E-state index in [2.05, 4.69) is 36.0 Å². The summed E-state index contributed by atoms with van der Waals surface area (Å²) in [5.41, 5.74) is 2.50. The minimum Gasteiger partial charge on any atom is -0.463 e. The average molecular weight is 287 g/mol. The standard InChI is InChI=1S/C17H21NO3/c1-11-7-5-6-8-14(11)12(2)18-13(3)15-9-10-16(21-15)17(19)20-4/h5-10,12-13,18H,1-4H3/t12-,13?/m0/s1. The molecular weight excluding hydrogens is 266 g/mol. The van der Waals surface area contributed by atoms with Crippen LogP contribution in [0.25, 0.3) is 0 Å². The maximum atomic E-state index is 11.4. The van der Waals surface area contributed by atoms with Crippen LogP contribution in [0, 0.1) is 6.92 Å². The molecule has 1 heterocycles. The summed E-state index contributed by atoms with van der Waals surface area (Å²) in [6, 6.07) is 11.9. The zero-order chi connectivity index (χ0) is 15.4. The second-order valence-corrected chi connectivity index (χ2v) is 5.16. The third-order valence-electron chi connectivity index (χ3n) is 3.60. The van der Waals surface area contributed by atoms with Gasteiger partial charge in [0.05, 0.1) is 13.2 Å². The molecule has 0 spiro atoms. The van der Waals surface area contributed by atoms with Crippen molar-refractivity contribution in [2.75, 3.05) is 7.11 Å². The molecule has 0 fully saturated rings. The van der Waals surface area contributed by atoms with E-state index in [4.69, 9.17) is 4.42 Å². The molecule has 4 nitrogen and oxygen atoms in total. The molecule has 2 atom stereocenters. The lowest BCUT2D eigenvalue weighted by Crippen LogP contribution is -2.22. The highest BCUT2D eigenvalue weighted by molar-refractivity contribution is 5.86. The lowest BCUT2D eigenvalue weighted by molar-refractivity contribution is 0.0562. The third-order valence-corrected chi connectivity index (χ3v) is 3.60. The van der Waals surface area contributed by atoms with Crippen LogP contribution in [0.2, 0.25) is 0 Å². The van der Waals surface area contributed by atoms with E-state index in [1.54, 1.807) is 12.1 Å². The van der Waals surface area contributed by atoms with E-state index in [1.807, 2.05) is 19.1 Å². The van der Waals surface area contributed by atoms with Gasteiger partial charge >= 0.3 is 5.97 Å². The van der Waals surface area contributed by atoms with Crippen molar-refractivity contribution in [1.29, 1.82) is 0 Å². The molecule has 0 aliphatic carbocycles. The first-order valence-electron chi connectivity index (χ1n) is 7.02. The minimum atomic E-state index is -0.458. The van der Waals surface area contributed by atoms with Gasteiger partial charge in [0.15, 0.2) is 0 Å². The van der Waals surface area contributed by atoms with Crippen LogP contribution in [0.5, 0.6) is 0 Å². The van der Waals surface area contributed by atoms with E-state index in [9.17, 15) is 4.79 Å². The second kappa shape index (κ2) is 6.59. The Bertz CT molecular complexity index is 618. The van der Waals surface area contributed by atoms with Crippen molar-refractivity contribution in [3.05, 3.63) is 59.0 Å². The molecule has 4 heteroatoms. The van der Waals surface area contributed by atoms with Gasteiger partial charge in [-0.1, -0.05) is 24.3 Å². The molecular formula is C17H21NO3. The molecule has 2 aromatic rings. The van der Waals surface area contributed by atoms with Crippen LogP contribution < -0.4 is 5.32 Å². The van der Waals surface area contributed by atoms with E-state index >= 15 is 0 Å².